The van der Waals surface area contributed by atoms with Crippen LogP contribution < -0.4 is 4.74 Å². The van der Waals surface area contributed by atoms with E-state index in [0.29, 0.717) is 16.9 Å². The first kappa shape index (κ1) is 14.5. The molecule has 21 heavy (non-hydrogen) atoms. The second-order valence-corrected chi connectivity index (χ2v) is 4.50. The van der Waals surface area contributed by atoms with E-state index in [1.54, 1.807) is 25.1 Å². The molecule has 2 aromatic carbocycles. The highest BCUT2D eigenvalue weighted by atomic mass is 16.6. The van der Waals surface area contributed by atoms with Crippen LogP contribution in [0.4, 0.5) is 5.69 Å². The van der Waals surface area contributed by atoms with Crippen LogP contribution in [0.3, 0.4) is 0 Å². The van der Waals surface area contributed by atoms with Gasteiger partial charge in [-0.2, -0.15) is 0 Å². The number of nitro benzene ring substituents is 1. The zero-order valence-corrected chi connectivity index (χ0v) is 11.3. The van der Waals surface area contributed by atoms with Crippen molar-refractivity contribution < 1.29 is 19.6 Å². The van der Waals surface area contributed by atoms with Gasteiger partial charge in [-0.3, -0.25) is 10.1 Å². The van der Waals surface area contributed by atoms with Crippen molar-refractivity contribution in [3.8, 4) is 5.75 Å². The molecule has 0 amide bonds. The Morgan fingerprint density at radius 2 is 2.05 bits per heavy atom. The van der Waals surface area contributed by atoms with Crippen LogP contribution in [0, 0.1) is 17.0 Å². The van der Waals surface area contributed by atoms with E-state index in [-0.39, 0.29) is 17.9 Å². The van der Waals surface area contributed by atoms with Gasteiger partial charge in [0.25, 0.3) is 5.69 Å². The SMILES string of the molecule is Cc1cc(C(=O)O)ccc1OCc1cccc([N+](=O)[O-])c1. The van der Waals surface area contributed by atoms with Gasteiger partial charge < -0.3 is 9.84 Å². The average molecular weight is 287 g/mol. The minimum Gasteiger partial charge on any atom is -0.489 e. The number of nitrogens with zero attached hydrogens (tertiary/aromatic N) is 1. The van der Waals surface area contributed by atoms with Crippen LogP contribution in [0.5, 0.6) is 5.75 Å². The van der Waals surface area contributed by atoms with Crippen LogP contribution in [0.15, 0.2) is 42.5 Å². The molecule has 108 valence electrons. The van der Waals surface area contributed by atoms with Crippen LogP contribution in [0.2, 0.25) is 0 Å². The summed E-state index contributed by atoms with van der Waals surface area (Å²) < 4.78 is 5.58. The van der Waals surface area contributed by atoms with Crippen LogP contribution in [-0.2, 0) is 6.61 Å². The number of hydrogen-bond donors (Lipinski definition) is 1. The van der Waals surface area contributed by atoms with E-state index < -0.39 is 10.9 Å². The molecule has 6 heteroatoms. The third-order valence-corrected chi connectivity index (χ3v) is 2.94. The minimum absolute atomic E-state index is 0.00838. The maximum atomic E-state index is 10.8. The van der Waals surface area contributed by atoms with Gasteiger partial charge in [-0.1, -0.05) is 12.1 Å². The first-order valence-electron chi connectivity index (χ1n) is 6.17. The van der Waals surface area contributed by atoms with E-state index in [2.05, 4.69) is 0 Å². The molecule has 0 aliphatic heterocycles. The third-order valence-electron chi connectivity index (χ3n) is 2.94. The Labute approximate surface area is 120 Å². The highest BCUT2D eigenvalue weighted by Crippen LogP contribution is 2.21. The highest BCUT2D eigenvalue weighted by Gasteiger charge is 2.08. The average Bonchev–Trinajstić information content (AvgIpc) is 2.46. The Hall–Kier alpha value is -2.89. The molecule has 0 spiro atoms. The number of hydrogen-bond acceptors (Lipinski definition) is 4. The van der Waals surface area contributed by atoms with Gasteiger partial charge in [-0.25, -0.2) is 4.79 Å². The van der Waals surface area contributed by atoms with E-state index in [1.165, 1.54) is 24.3 Å². The molecule has 0 unspecified atom stereocenters. The molecular weight excluding hydrogens is 274 g/mol. The van der Waals surface area contributed by atoms with E-state index in [4.69, 9.17) is 9.84 Å². The number of carboxylic acid groups (broad SMARTS) is 1. The van der Waals surface area contributed by atoms with Crippen molar-refractivity contribution in [1.82, 2.24) is 0 Å². The summed E-state index contributed by atoms with van der Waals surface area (Å²) in [6, 6.07) is 10.7. The van der Waals surface area contributed by atoms with Gasteiger partial charge in [0.1, 0.15) is 12.4 Å². The van der Waals surface area contributed by atoms with Crippen LogP contribution >= 0.6 is 0 Å². The molecule has 0 fully saturated rings. The number of rotatable bonds is 5. The first-order valence-corrected chi connectivity index (χ1v) is 6.17. The largest absolute Gasteiger partial charge is 0.489 e. The molecule has 0 aromatic heterocycles. The number of aromatic carboxylic acids is 1. The van der Waals surface area contributed by atoms with Gasteiger partial charge in [-0.05, 0) is 36.2 Å². The van der Waals surface area contributed by atoms with Gasteiger partial charge in [0.15, 0.2) is 0 Å². The van der Waals surface area contributed by atoms with Crippen molar-refractivity contribution in [2.75, 3.05) is 0 Å². The van der Waals surface area contributed by atoms with Crippen LogP contribution in [-0.4, -0.2) is 16.0 Å². The fraction of sp³-hybridized carbons (Fsp3) is 0.133. The minimum atomic E-state index is -0.997. The number of aryl methyl sites for hydroxylation is 1. The van der Waals surface area contributed by atoms with Crippen molar-refractivity contribution >= 4 is 11.7 Å². The number of nitro groups is 1. The molecule has 0 atom stereocenters. The number of ether oxygens (including phenoxy) is 1. The molecule has 0 saturated heterocycles. The van der Waals surface area contributed by atoms with Crippen molar-refractivity contribution in [2.45, 2.75) is 13.5 Å². The summed E-state index contributed by atoms with van der Waals surface area (Å²) in [5, 5.41) is 19.6. The smallest absolute Gasteiger partial charge is 0.335 e. The number of carboxylic acids is 1. The quantitative estimate of drug-likeness (QED) is 0.673. The van der Waals surface area contributed by atoms with Crippen molar-refractivity contribution in [3.63, 3.8) is 0 Å². The maximum absolute atomic E-state index is 10.8. The summed E-state index contributed by atoms with van der Waals surface area (Å²) in [4.78, 5) is 21.1. The molecule has 2 rings (SSSR count). The Morgan fingerprint density at radius 3 is 2.67 bits per heavy atom. The van der Waals surface area contributed by atoms with Crippen LogP contribution in [0.25, 0.3) is 0 Å². The fourth-order valence-corrected chi connectivity index (χ4v) is 1.87. The third kappa shape index (κ3) is 3.56. The maximum Gasteiger partial charge on any atom is 0.335 e. The first-order chi connectivity index (χ1) is 9.97. The lowest BCUT2D eigenvalue weighted by atomic mass is 10.1. The lowest BCUT2D eigenvalue weighted by Gasteiger charge is -2.09. The highest BCUT2D eigenvalue weighted by molar-refractivity contribution is 5.88. The van der Waals surface area contributed by atoms with Gasteiger partial charge in [0.2, 0.25) is 0 Å². The van der Waals surface area contributed by atoms with E-state index in [0.717, 1.165) is 0 Å². The number of carbonyl (C=O) groups is 1. The summed E-state index contributed by atoms with van der Waals surface area (Å²) in [6.07, 6.45) is 0. The Bertz CT molecular complexity index is 696. The molecule has 0 aliphatic rings. The molecule has 0 radical (unpaired) electrons. The van der Waals surface area contributed by atoms with Crippen molar-refractivity contribution in [2.24, 2.45) is 0 Å². The summed E-state index contributed by atoms with van der Waals surface area (Å²) in [7, 11) is 0. The summed E-state index contributed by atoms with van der Waals surface area (Å²) >= 11 is 0. The topological polar surface area (TPSA) is 89.7 Å². The lowest BCUT2D eigenvalue weighted by molar-refractivity contribution is -0.384. The number of non-ortho nitro benzene ring substituents is 1. The zero-order valence-electron chi connectivity index (χ0n) is 11.3. The van der Waals surface area contributed by atoms with E-state index >= 15 is 0 Å². The second kappa shape index (κ2) is 6.04. The number of benzene rings is 2. The normalized spacial score (nSPS) is 10.1. The summed E-state index contributed by atoms with van der Waals surface area (Å²) in [5.41, 5.74) is 1.57. The van der Waals surface area contributed by atoms with Gasteiger partial charge >= 0.3 is 5.97 Å². The fourth-order valence-electron chi connectivity index (χ4n) is 1.87. The molecule has 0 heterocycles. The molecule has 2 aromatic rings. The van der Waals surface area contributed by atoms with Crippen molar-refractivity contribution in [1.29, 1.82) is 0 Å². The summed E-state index contributed by atoms with van der Waals surface area (Å²) in [6.45, 7) is 1.92. The molecular formula is C15H13NO5. The zero-order chi connectivity index (χ0) is 15.4. The van der Waals surface area contributed by atoms with E-state index in [1.807, 2.05) is 0 Å². The Kier molecular flexibility index (Phi) is 4.18. The standard InChI is InChI=1S/C15H13NO5/c1-10-7-12(15(17)18)5-6-14(10)21-9-11-3-2-4-13(8-11)16(19)20/h2-8H,9H2,1H3,(H,17,18). The molecule has 1 N–H and O–H groups in total. The summed E-state index contributed by atoms with van der Waals surface area (Å²) in [5.74, 6) is -0.449. The van der Waals surface area contributed by atoms with Gasteiger partial charge in [0, 0.05) is 12.1 Å². The second-order valence-electron chi connectivity index (χ2n) is 4.50. The molecule has 0 saturated carbocycles. The van der Waals surface area contributed by atoms with Gasteiger partial charge in [-0.15, -0.1) is 0 Å². The predicted molar refractivity (Wildman–Crippen MR) is 75.6 cm³/mol. The van der Waals surface area contributed by atoms with Gasteiger partial charge in [0.05, 0.1) is 10.5 Å². The predicted octanol–water partition coefficient (Wildman–Crippen LogP) is 3.18. The molecule has 0 aliphatic carbocycles. The molecule has 0 bridgehead atoms. The van der Waals surface area contributed by atoms with E-state index in [9.17, 15) is 14.9 Å². The monoisotopic (exact) mass is 287 g/mol. The molecule has 6 nitrogen and oxygen atoms in total. The van der Waals surface area contributed by atoms with Crippen molar-refractivity contribution in [3.05, 3.63) is 69.3 Å². The van der Waals surface area contributed by atoms with Crippen LogP contribution in [0.1, 0.15) is 21.5 Å². The lowest BCUT2D eigenvalue weighted by Crippen LogP contribution is -2.01. The Morgan fingerprint density at radius 1 is 1.29 bits per heavy atom. The Balaban J connectivity index is 2.11.